The van der Waals surface area contributed by atoms with Gasteiger partial charge < -0.3 is 5.11 Å². The summed E-state index contributed by atoms with van der Waals surface area (Å²) >= 11 is 0. The summed E-state index contributed by atoms with van der Waals surface area (Å²) in [6.07, 6.45) is 12.5. The highest BCUT2D eigenvalue weighted by molar-refractivity contribution is 5.29. The Labute approximate surface area is 178 Å². The number of alkyl halides is 1. The number of hydrogen-bond donors (Lipinski definition) is 1. The molecule has 9 atom stereocenters. The van der Waals surface area contributed by atoms with Gasteiger partial charge in [-0.2, -0.15) is 0 Å². The van der Waals surface area contributed by atoms with E-state index in [1.54, 1.807) is 0 Å². The van der Waals surface area contributed by atoms with Crippen molar-refractivity contribution in [1.29, 1.82) is 0 Å². The molecule has 0 spiro atoms. The van der Waals surface area contributed by atoms with Crippen molar-refractivity contribution in [2.24, 2.45) is 46.3 Å². The normalized spacial score (nSPS) is 47.9. The van der Waals surface area contributed by atoms with Gasteiger partial charge in [-0.05, 0) is 96.9 Å². The summed E-state index contributed by atoms with van der Waals surface area (Å²) in [6.45, 7) is 12.1. The van der Waals surface area contributed by atoms with Crippen LogP contribution in [0.4, 0.5) is 4.39 Å². The molecule has 4 aliphatic carbocycles. The van der Waals surface area contributed by atoms with Crippen molar-refractivity contribution >= 4 is 0 Å². The molecule has 0 saturated heterocycles. The van der Waals surface area contributed by atoms with Gasteiger partial charge in [0.05, 0.1) is 6.10 Å². The first kappa shape index (κ1) is 21.8. The summed E-state index contributed by atoms with van der Waals surface area (Å²) in [7, 11) is 0. The van der Waals surface area contributed by atoms with E-state index >= 15 is 4.39 Å². The van der Waals surface area contributed by atoms with E-state index in [0.717, 1.165) is 36.2 Å². The van der Waals surface area contributed by atoms with Crippen molar-refractivity contribution in [1.82, 2.24) is 0 Å². The molecule has 0 aromatic heterocycles. The van der Waals surface area contributed by atoms with Crippen LogP contribution in [0.15, 0.2) is 11.6 Å². The monoisotopic (exact) mass is 404 g/mol. The smallest absolute Gasteiger partial charge is 0.122 e. The summed E-state index contributed by atoms with van der Waals surface area (Å²) in [5.41, 5.74) is 1.37. The molecule has 0 aromatic rings. The molecular formula is C27H45FO. The van der Waals surface area contributed by atoms with E-state index in [1.807, 2.05) is 6.08 Å². The number of fused-ring (bicyclic) bond motifs is 5. The van der Waals surface area contributed by atoms with Crippen LogP contribution < -0.4 is 0 Å². The zero-order chi connectivity index (χ0) is 21.0. The SMILES string of the molecule is CC(C)CCC[C@@H](C)[C@H]1CC[C@H]2[C@@H]3C[C@H](F)C4=C[C@@H](O)CC[C@]4(C)[C@H]3CC[C@]12C. The average molecular weight is 405 g/mol. The number of allylic oxidation sites excluding steroid dienone is 1. The minimum absolute atomic E-state index is 0.0101. The predicted octanol–water partition coefficient (Wildman–Crippen LogP) is 7.34. The van der Waals surface area contributed by atoms with E-state index in [-0.39, 0.29) is 5.41 Å². The summed E-state index contributed by atoms with van der Waals surface area (Å²) in [5, 5.41) is 10.1. The first-order chi connectivity index (χ1) is 13.7. The van der Waals surface area contributed by atoms with Gasteiger partial charge in [0.15, 0.2) is 0 Å². The highest BCUT2D eigenvalue weighted by Gasteiger charge is 2.61. The maximum atomic E-state index is 15.4. The molecule has 1 nitrogen and oxygen atoms in total. The molecule has 0 unspecified atom stereocenters. The second kappa shape index (κ2) is 7.95. The summed E-state index contributed by atoms with van der Waals surface area (Å²) in [4.78, 5) is 0. The second-order valence-electron chi connectivity index (χ2n) is 12.3. The van der Waals surface area contributed by atoms with Crippen LogP contribution in [0.5, 0.6) is 0 Å². The van der Waals surface area contributed by atoms with Gasteiger partial charge >= 0.3 is 0 Å². The summed E-state index contributed by atoms with van der Waals surface area (Å²) < 4.78 is 15.4. The fraction of sp³-hybridized carbons (Fsp3) is 0.926. The number of halogens is 1. The first-order valence-corrected chi connectivity index (χ1v) is 12.7. The zero-order valence-corrected chi connectivity index (χ0v) is 19.6. The van der Waals surface area contributed by atoms with Crippen LogP contribution in [0.3, 0.4) is 0 Å². The minimum atomic E-state index is -0.832. The molecule has 0 aromatic carbocycles. The quantitative estimate of drug-likeness (QED) is 0.475. The fourth-order valence-electron chi connectivity index (χ4n) is 8.73. The molecule has 29 heavy (non-hydrogen) atoms. The molecule has 3 fully saturated rings. The van der Waals surface area contributed by atoms with Crippen LogP contribution in [-0.4, -0.2) is 17.4 Å². The Morgan fingerprint density at radius 1 is 1.03 bits per heavy atom. The van der Waals surface area contributed by atoms with Crippen LogP contribution in [0.25, 0.3) is 0 Å². The molecular weight excluding hydrogens is 359 g/mol. The third kappa shape index (κ3) is 3.64. The van der Waals surface area contributed by atoms with Crippen LogP contribution in [0, 0.1) is 46.3 Å². The zero-order valence-electron chi connectivity index (χ0n) is 19.6. The standard InChI is InChI=1S/C27H45FO/c1-17(2)7-6-8-18(3)21-9-10-22-20-16-25(28)24-15-19(29)11-13-27(24,5)23(20)12-14-26(21,22)4/h15,17-23,25,29H,6-14,16H2,1-5H3/t18-,19+,20+,21-,22+,23+,25+,26-,27-/m1/s1. The number of hydrogen-bond acceptors (Lipinski definition) is 1. The van der Waals surface area contributed by atoms with E-state index in [9.17, 15) is 5.11 Å². The molecule has 1 N–H and O–H groups in total. The van der Waals surface area contributed by atoms with Crippen molar-refractivity contribution < 1.29 is 9.50 Å². The highest BCUT2D eigenvalue weighted by Crippen LogP contribution is 2.68. The first-order valence-electron chi connectivity index (χ1n) is 12.7. The van der Waals surface area contributed by atoms with E-state index in [4.69, 9.17) is 0 Å². The van der Waals surface area contributed by atoms with Crippen molar-refractivity contribution in [3.8, 4) is 0 Å². The Morgan fingerprint density at radius 3 is 2.52 bits per heavy atom. The molecule has 4 rings (SSSR count). The Kier molecular flexibility index (Phi) is 5.99. The van der Waals surface area contributed by atoms with Gasteiger partial charge in [0.25, 0.3) is 0 Å². The van der Waals surface area contributed by atoms with Gasteiger partial charge in [-0.15, -0.1) is 0 Å². The van der Waals surface area contributed by atoms with Gasteiger partial charge in [0.2, 0.25) is 0 Å². The van der Waals surface area contributed by atoms with E-state index < -0.39 is 12.3 Å². The predicted molar refractivity (Wildman–Crippen MR) is 119 cm³/mol. The minimum Gasteiger partial charge on any atom is -0.389 e. The Balaban J connectivity index is 1.52. The Bertz CT molecular complexity index is 626. The van der Waals surface area contributed by atoms with Crippen LogP contribution in [0.2, 0.25) is 0 Å². The molecule has 0 radical (unpaired) electrons. The van der Waals surface area contributed by atoms with Gasteiger partial charge in [-0.1, -0.05) is 60.0 Å². The number of rotatable bonds is 5. The van der Waals surface area contributed by atoms with Crippen molar-refractivity contribution in [2.45, 2.75) is 111 Å². The maximum Gasteiger partial charge on any atom is 0.122 e. The topological polar surface area (TPSA) is 20.2 Å². The third-order valence-electron chi connectivity index (χ3n) is 10.3. The number of aliphatic hydroxyl groups excluding tert-OH is 1. The Morgan fingerprint density at radius 2 is 1.79 bits per heavy atom. The lowest BCUT2D eigenvalue weighted by atomic mass is 9.46. The summed E-state index contributed by atoms with van der Waals surface area (Å²) in [6, 6.07) is 0. The van der Waals surface area contributed by atoms with Crippen molar-refractivity contribution in [2.75, 3.05) is 0 Å². The summed E-state index contributed by atoms with van der Waals surface area (Å²) in [5.74, 6) is 4.33. The molecule has 0 amide bonds. The molecule has 0 bridgehead atoms. The van der Waals surface area contributed by atoms with Crippen LogP contribution >= 0.6 is 0 Å². The van der Waals surface area contributed by atoms with Gasteiger partial charge in [0.1, 0.15) is 6.17 Å². The van der Waals surface area contributed by atoms with Crippen molar-refractivity contribution in [3.63, 3.8) is 0 Å². The third-order valence-corrected chi connectivity index (χ3v) is 10.3. The van der Waals surface area contributed by atoms with Crippen molar-refractivity contribution in [3.05, 3.63) is 11.6 Å². The lowest BCUT2D eigenvalue weighted by molar-refractivity contribution is -0.0768. The van der Waals surface area contributed by atoms with Gasteiger partial charge in [0, 0.05) is 0 Å². The van der Waals surface area contributed by atoms with Gasteiger partial charge in [-0.25, -0.2) is 4.39 Å². The van der Waals surface area contributed by atoms with E-state index in [1.165, 1.54) is 44.9 Å². The van der Waals surface area contributed by atoms with E-state index in [0.29, 0.717) is 29.6 Å². The highest BCUT2D eigenvalue weighted by atomic mass is 19.1. The van der Waals surface area contributed by atoms with Gasteiger partial charge in [-0.3, -0.25) is 0 Å². The largest absolute Gasteiger partial charge is 0.389 e. The molecule has 166 valence electrons. The molecule has 0 aliphatic heterocycles. The Hall–Kier alpha value is -0.370. The lowest BCUT2D eigenvalue weighted by Crippen LogP contribution is -2.53. The van der Waals surface area contributed by atoms with Crippen LogP contribution in [-0.2, 0) is 0 Å². The average Bonchev–Trinajstić information content (AvgIpc) is 3.00. The van der Waals surface area contributed by atoms with Crippen LogP contribution in [0.1, 0.15) is 98.8 Å². The fourth-order valence-corrected chi connectivity index (χ4v) is 8.73. The maximum absolute atomic E-state index is 15.4. The second-order valence-corrected chi connectivity index (χ2v) is 12.3. The molecule has 4 aliphatic rings. The number of aliphatic hydroxyl groups is 1. The molecule has 2 heteroatoms. The van der Waals surface area contributed by atoms with E-state index in [2.05, 4.69) is 34.6 Å². The molecule has 3 saturated carbocycles. The lowest BCUT2D eigenvalue weighted by Gasteiger charge is -2.59. The molecule has 0 heterocycles.